The van der Waals surface area contributed by atoms with Crippen LogP contribution < -0.4 is 14.2 Å². The summed E-state index contributed by atoms with van der Waals surface area (Å²) in [5, 5.41) is 0. The monoisotopic (exact) mass is 276 g/mol. The molecule has 0 amide bonds. The number of hydrogen-bond donors (Lipinski definition) is 0. The van der Waals surface area contributed by atoms with E-state index < -0.39 is 0 Å². The lowest BCUT2D eigenvalue weighted by Crippen LogP contribution is -2.03. The number of furan rings is 1. The molecule has 0 unspecified atom stereocenters. The zero-order valence-electron chi connectivity index (χ0n) is 11.9. The molecule has 0 aliphatic heterocycles. The fourth-order valence-corrected chi connectivity index (χ4v) is 1.91. The molecule has 0 aliphatic rings. The summed E-state index contributed by atoms with van der Waals surface area (Å²) < 4.78 is 21.0. The third kappa shape index (κ3) is 2.47. The molecular weight excluding hydrogens is 260 g/mol. The molecule has 0 saturated heterocycles. The molecule has 2 rings (SSSR count). The average molecular weight is 276 g/mol. The number of methoxy groups -OCH3 is 3. The van der Waals surface area contributed by atoms with Gasteiger partial charge in [0.25, 0.3) is 0 Å². The van der Waals surface area contributed by atoms with Gasteiger partial charge in [-0.25, -0.2) is 0 Å². The smallest absolute Gasteiger partial charge is 0.228 e. The molecule has 1 heterocycles. The van der Waals surface area contributed by atoms with Crippen LogP contribution in [0, 0.1) is 6.92 Å². The quantitative estimate of drug-likeness (QED) is 0.786. The van der Waals surface area contributed by atoms with E-state index in [2.05, 4.69) is 0 Å². The van der Waals surface area contributed by atoms with Gasteiger partial charge in [0, 0.05) is 5.56 Å². The first-order valence-electron chi connectivity index (χ1n) is 6.01. The Labute approximate surface area is 117 Å². The number of aryl methyl sites for hydroxylation is 1. The molecular formula is C15H16O5. The molecule has 0 aliphatic carbocycles. The number of hydrogen-bond acceptors (Lipinski definition) is 5. The Morgan fingerprint density at radius 3 is 2.00 bits per heavy atom. The van der Waals surface area contributed by atoms with Gasteiger partial charge in [-0.15, -0.1) is 0 Å². The molecule has 0 atom stereocenters. The molecule has 0 radical (unpaired) electrons. The van der Waals surface area contributed by atoms with Gasteiger partial charge in [-0.05, 0) is 31.2 Å². The molecule has 0 bridgehead atoms. The van der Waals surface area contributed by atoms with E-state index in [1.54, 1.807) is 31.2 Å². The van der Waals surface area contributed by atoms with Gasteiger partial charge < -0.3 is 18.6 Å². The van der Waals surface area contributed by atoms with Gasteiger partial charge in [0.05, 0.1) is 21.3 Å². The lowest BCUT2D eigenvalue weighted by molar-refractivity contribution is 0.101. The summed E-state index contributed by atoms with van der Waals surface area (Å²) in [7, 11) is 4.52. The molecule has 0 N–H and O–H groups in total. The fourth-order valence-electron chi connectivity index (χ4n) is 1.91. The predicted molar refractivity (Wildman–Crippen MR) is 73.0 cm³/mol. The Hall–Kier alpha value is -2.43. The fraction of sp³-hybridized carbons (Fsp3) is 0.267. The minimum Gasteiger partial charge on any atom is -0.493 e. The van der Waals surface area contributed by atoms with Crippen molar-refractivity contribution in [2.75, 3.05) is 21.3 Å². The maximum atomic E-state index is 12.3. The minimum absolute atomic E-state index is 0.239. The van der Waals surface area contributed by atoms with E-state index in [0.717, 1.165) is 0 Å². The minimum atomic E-state index is -0.239. The van der Waals surface area contributed by atoms with Crippen LogP contribution in [0.1, 0.15) is 21.9 Å². The third-order valence-electron chi connectivity index (χ3n) is 2.89. The summed E-state index contributed by atoms with van der Waals surface area (Å²) in [5.74, 6) is 2.02. The van der Waals surface area contributed by atoms with Crippen molar-refractivity contribution in [1.29, 1.82) is 0 Å². The second kappa shape index (κ2) is 5.69. The summed E-state index contributed by atoms with van der Waals surface area (Å²) in [4.78, 5) is 12.3. The number of ether oxygens (including phenoxy) is 3. The lowest BCUT2D eigenvalue weighted by Gasteiger charge is -2.13. The summed E-state index contributed by atoms with van der Waals surface area (Å²) >= 11 is 0. The molecule has 1 aromatic carbocycles. The number of ketones is 1. The molecule has 5 nitrogen and oxygen atoms in total. The van der Waals surface area contributed by atoms with Crippen LogP contribution in [0.25, 0.3) is 0 Å². The SMILES string of the molecule is COc1cc(C(=O)c2ccc(C)o2)cc(OC)c1OC. The Morgan fingerprint density at radius 2 is 1.60 bits per heavy atom. The zero-order valence-corrected chi connectivity index (χ0v) is 11.9. The van der Waals surface area contributed by atoms with Crippen molar-refractivity contribution in [1.82, 2.24) is 0 Å². The molecule has 0 spiro atoms. The van der Waals surface area contributed by atoms with E-state index in [-0.39, 0.29) is 11.5 Å². The first-order valence-corrected chi connectivity index (χ1v) is 6.01. The van der Waals surface area contributed by atoms with Crippen molar-refractivity contribution in [3.63, 3.8) is 0 Å². The van der Waals surface area contributed by atoms with Crippen LogP contribution in [-0.2, 0) is 0 Å². The molecule has 5 heteroatoms. The van der Waals surface area contributed by atoms with Crippen LogP contribution in [0.4, 0.5) is 0 Å². The number of rotatable bonds is 5. The van der Waals surface area contributed by atoms with Crippen molar-refractivity contribution in [2.24, 2.45) is 0 Å². The highest BCUT2D eigenvalue weighted by Crippen LogP contribution is 2.38. The highest BCUT2D eigenvalue weighted by atomic mass is 16.5. The second-order valence-electron chi connectivity index (χ2n) is 4.15. The van der Waals surface area contributed by atoms with Gasteiger partial charge >= 0.3 is 0 Å². The zero-order chi connectivity index (χ0) is 14.7. The summed E-state index contributed by atoms with van der Waals surface area (Å²) in [6, 6.07) is 6.58. The topological polar surface area (TPSA) is 57.9 Å². The Bertz CT molecular complexity index is 602. The predicted octanol–water partition coefficient (Wildman–Crippen LogP) is 2.84. The third-order valence-corrected chi connectivity index (χ3v) is 2.89. The molecule has 0 fully saturated rings. The van der Waals surface area contributed by atoms with Crippen molar-refractivity contribution < 1.29 is 23.4 Å². The number of benzene rings is 1. The molecule has 106 valence electrons. The van der Waals surface area contributed by atoms with Crippen LogP contribution in [0.5, 0.6) is 17.2 Å². The van der Waals surface area contributed by atoms with Crippen LogP contribution >= 0.6 is 0 Å². The van der Waals surface area contributed by atoms with Crippen LogP contribution in [0.3, 0.4) is 0 Å². The average Bonchev–Trinajstić information content (AvgIpc) is 2.91. The van der Waals surface area contributed by atoms with Crippen molar-refractivity contribution in [2.45, 2.75) is 6.92 Å². The van der Waals surface area contributed by atoms with E-state index in [4.69, 9.17) is 18.6 Å². The Morgan fingerprint density at radius 1 is 1.00 bits per heavy atom. The maximum absolute atomic E-state index is 12.3. The van der Waals surface area contributed by atoms with E-state index >= 15 is 0 Å². The highest BCUT2D eigenvalue weighted by molar-refractivity contribution is 6.07. The molecule has 0 saturated carbocycles. The first-order chi connectivity index (χ1) is 9.60. The summed E-state index contributed by atoms with van der Waals surface area (Å²) in [6.07, 6.45) is 0. The normalized spacial score (nSPS) is 10.2. The van der Waals surface area contributed by atoms with Gasteiger partial charge in [-0.2, -0.15) is 0 Å². The molecule has 20 heavy (non-hydrogen) atoms. The molecule has 2 aromatic rings. The van der Waals surface area contributed by atoms with Crippen LogP contribution in [0.15, 0.2) is 28.7 Å². The van der Waals surface area contributed by atoms with E-state index in [1.807, 2.05) is 0 Å². The van der Waals surface area contributed by atoms with Crippen molar-refractivity contribution >= 4 is 5.78 Å². The first kappa shape index (κ1) is 14.0. The van der Waals surface area contributed by atoms with Gasteiger partial charge in [0.1, 0.15) is 5.76 Å². The van der Waals surface area contributed by atoms with E-state index in [9.17, 15) is 4.79 Å². The van der Waals surface area contributed by atoms with E-state index in [0.29, 0.717) is 28.6 Å². The van der Waals surface area contributed by atoms with Crippen molar-refractivity contribution in [3.05, 3.63) is 41.3 Å². The van der Waals surface area contributed by atoms with Gasteiger partial charge in [-0.3, -0.25) is 4.79 Å². The standard InChI is InChI=1S/C15H16O5/c1-9-5-6-11(20-9)14(16)10-7-12(17-2)15(19-4)13(8-10)18-3/h5-8H,1-4H3. The molecule has 1 aromatic heterocycles. The van der Waals surface area contributed by atoms with Gasteiger partial charge in [0.15, 0.2) is 17.3 Å². The maximum Gasteiger partial charge on any atom is 0.228 e. The van der Waals surface area contributed by atoms with Crippen LogP contribution in [-0.4, -0.2) is 27.1 Å². The largest absolute Gasteiger partial charge is 0.493 e. The van der Waals surface area contributed by atoms with E-state index in [1.165, 1.54) is 21.3 Å². The second-order valence-corrected chi connectivity index (χ2v) is 4.15. The highest BCUT2D eigenvalue weighted by Gasteiger charge is 2.19. The van der Waals surface area contributed by atoms with Crippen molar-refractivity contribution in [3.8, 4) is 17.2 Å². The lowest BCUT2D eigenvalue weighted by atomic mass is 10.1. The Balaban J connectivity index is 2.49. The summed E-state index contributed by atoms with van der Waals surface area (Å²) in [6.45, 7) is 1.78. The van der Waals surface area contributed by atoms with Gasteiger partial charge in [-0.1, -0.05) is 0 Å². The summed E-state index contributed by atoms with van der Waals surface area (Å²) in [5.41, 5.74) is 0.411. The van der Waals surface area contributed by atoms with Crippen LogP contribution in [0.2, 0.25) is 0 Å². The Kier molecular flexibility index (Phi) is 3.98. The van der Waals surface area contributed by atoms with Gasteiger partial charge in [0.2, 0.25) is 11.5 Å². The number of carbonyl (C=O) groups excluding carboxylic acids is 1. The number of carbonyl (C=O) groups is 1.